The van der Waals surface area contributed by atoms with Crippen LogP contribution < -0.4 is 0 Å². The predicted molar refractivity (Wildman–Crippen MR) is 58.9 cm³/mol. The number of hydrogen-bond donors (Lipinski definition) is 0. The third-order valence-corrected chi connectivity index (χ3v) is 1.94. The highest BCUT2D eigenvalue weighted by Gasteiger charge is 2.08. The van der Waals surface area contributed by atoms with Gasteiger partial charge >= 0.3 is 6.09 Å². The van der Waals surface area contributed by atoms with Crippen LogP contribution in [0.4, 0.5) is 4.79 Å². The van der Waals surface area contributed by atoms with Crippen LogP contribution in [0.2, 0.25) is 0 Å². The number of carbonyl (C=O) groups is 2. The highest BCUT2D eigenvalue weighted by Crippen LogP contribution is 2.01. The summed E-state index contributed by atoms with van der Waals surface area (Å²) in [7, 11) is 1.65. The Balaban J connectivity index is 3.54. The van der Waals surface area contributed by atoms with Crippen molar-refractivity contribution >= 4 is 22.9 Å². The molecule has 0 saturated carbocycles. The zero-order valence-electron chi connectivity index (χ0n) is 8.87. The van der Waals surface area contributed by atoms with E-state index >= 15 is 0 Å². The average Bonchev–Trinajstić information content (AvgIpc) is 2.20. The first-order valence-electron chi connectivity index (χ1n) is 4.75. The van der Waals surface area contributed by atoms with Gasteiger partial charge in [-0.1, -0.05) is 12.7 Å². The van der Waals surface area contributed by atoms with Gasteiger partial charge in [0.2, 0.25) is 5.24 Å². The van der Waals surface area contributed by atoms with Crippen molar-refractivity contribution in [2.24, 2.45) is 0 Å². The largest absolute Gasteiger partial charge is 0.445 e. The van der Waals surface area contributed by atoms with Crippen molar-refractivity contribution in [1.29, 1.82) is 0 Å². The third kappa shape index (κ3) is 8.00. The summed E-state index contributed by atoms with van der Waals surface area (Å²) in [6.45, 7) is 4.21. The van der Waals surface area contributed by atoms with Gasteiger partial charge in [0.25, 0.3) is 0 Å². The standard InChI is InChI=1S/C10H16ClNO3/c1-3-8-15-10(14)12(2)7-5-4-6-9(11)13/h3H,1,4-8H2,2H3. The van der Waals surface area contributed by atoms with Gasteiger partial charge in [-0.05, 0) is 24.4 Å². The van der Waals surface area contributed by atoms with Gasteiger partial charge in [-0.2, -0.15) is 0 Å². The number of carbonyl (C=O) groups excluding carboxylic acids is 2. The van der Waals surface area contributed by atoms with Crippen molar-refractivity contribution in [1.82, 2.24) is 4.90 Å². The highest BCUT2D eigenvalue weighted by atomic mass is 35.5. The van der Waals surface area contributed by atoms with Gasteiger partial charge < -0.3 is 9.64 Å². The number of rotatable bonds is 7. The molecule has 0 bridgehead atoms. The highest BCUT2D eigenvalue weighted by molar-refractivity contribution is 6.63. The molecule has 0 aliphatic carbocycles. The summed E-state index contributed by atoms with van der Waals surface area (Å²) in [4.78, 5) is 23.1. The molecular weight excluding hydrogens is 218 g/mol. The topological polar surface area (TPSA) is 46.6 Å². The van der Waals surface area contributed by atoms with Gasteiger partial charge in [0.05, 0.1) is 0 Å². The Hall–Kier alpha value is -1.03. The van der Waals surface area contributed by atoms with Gasteiger partial charge in [0.1, 0.15) is 6.61 Å². The van der Waals surface area contributed by atoms with Crippen molar-refractivity contribution < 1.29 is 14.3 Å². The molecule has 0 fully saturated rings. The maximum Gasteiger partial charge on any atom is 0.409 e. The van der Waals surface area contributed by atoms with Crippen LogP contribution in [0, 0.1) is 0 Å². The van der Waals surface area contributed by atoms with Crippen LogP contribution in [0.15, 0.2) is 12.7 Å². The maximum absolute atomic E-state index is 11.2. The summed E-state index contributed by atoms with van der Waals surface area (Å²) in [5.41, 5.74) is 0. The van der Waals surface area contributed by atoms with Gasteiger partial charge in [-0.3, -0.25) is 4.79 Å². The first-order chi connectivity index (χ1) is 7.07. The molecule has 0 aromatic carbocycles. The van der Waals surface area contributed by atoms with Gasteiger partial charge in [-0.25, -0.2) is 4.79 Å². The molecule has 0 aliphatic heterocycles. The minimum absolute atomic E-state index is 0.212. The van der Waals surface area contributed by atoms with E-state index in [9.17, 15) is 9.59 Å². The normalized spacial score (nSPS) is 9.47. The molecule has 0 heterocycles. The van der Waals surface area contributed by atoms with Gasteiger partial charge in [-0.15, -0.1) is 0 Å². The number of hydrogen-bond acceptors (Lipinski definition) is 3. The smallest absolute Gasteiger partial charge is 0.409 e. The molecule has 0 saturated heterocycles. The minimum atomic E-state index is -0.382. The molecule has 86 valence electrons. The Morgan fingerprint density at radius 2 is 2.13 bits per heavy atom. The Bertz CT molecular complexity index is 231. The lowest BCUT2D eigenvalue weighted by Crippen LogP contribution is -2.28. The van der Waals surface area contributed by atoms with Crippen LogP contribution in [-0.2, 0) is 9.53 Å². The number of ether oxygens (including phenoxy) is 1. The van der Waals surface area contributed by atoms with Crippen molar-refractivity contribution in [2.45, 2.75) is 19.3 Å². The van der Waals surface area contributed by atoms with Gasteiger partial charge in [0.15, 0.2) is 0 Å². The van der Waals surface area contributed by atoms with Crippen molar-refractivity contribution in [2.75, 3.05) is 20.2 Å². The lowest BCUT2D eigenvalue weighted by atomic mass is 10.2. The van der Waals surface area contributed by atoms with E-state index < -0.39 is 0 Å². The first kappa shape index (κ1) is 14.0. The molecule has 15 heavy (non-hydrogen) atoms. The zero-order chi connectivity index (χ0) is 11.7. The molecule has 0 N–H and O–H groups in total. The number of unbranched alkanes of at least 4 members (excludes halogenated alkanes) is 1. The van der Waals surface area contributed by atoms with E-state index in [4.69, 9.17) is 16.3 Å². The first-order valence-corrected chi connectivity index (χ1v) is 5.13. The summed E-state index contributed by atoms with van der Waals surface area (Å²) < 4.78 is 4.81. The molecule has 5 heteroatoms. The maximum atomic E-state index is 11.2. The fourth-order valence-electron chi connectivity index (χ4n) is 0.945. The Morgan fingerprint density at radius 1 is 1.47 bits per heavy atom. The Morgan fingerprint density at radius 3 is 2.67 bits per heavy atom. The second-order valence-electron chi connectivity index (χ2n) is 3.10. The lowest BCUT2D eigenvalue weighted by molar-refractivity contribution is -0.111. The Kier molecular flexibility index (Phi) is 7.72. The second kappa shape index (κ2) is 8.29. The van der Waals surface area contributed by atoms with Crippen molar-refractivity contribution in [3.63, 3.8) is 0 Å². The average molecular weight is 234 g/mol. The second-order valence-corrected chi connectivity index (χ2v) is 3.52. The monoisotopic (exact) mass is 233 g/mol. The van der Waals surface area contributed by atoms with E-state index in [2.05, 4.69) is 6.58 Å². The summed E-state index contributed by atoms with van der Waals surface area (Å²) in [5.74, 6) is 0. The van der Waals surface area contributed by atoms with Crippen LogP contribution in [-0.4, -0.2) is 36.4 Å². The van der Waals surface area contributed by atoms with E-state index in [0.29, 0.717) is 19.4 Å². The summed E-state index contributed by atoms with van der Waals surface area (Å²) in [6.07, 6.45) is 2.89. The Labute approximate surface area is 94.8 Å². The molecule has 0 unspecified atom stereocenters. The fraction of sp³-hybridized carbons (Fsp3) is 0.600. The third-order valence-electron chi connectivity index (χ3n) is 1.75. The molecule has 0 rings (SSSR count). The SMILES string of the molecule is C=CCOC(=O)N(C)CCCCC(=O)Cl. The molecule has 0 aromatic rings. The number of nitrogens with zero attached hydrogens (tertiary/aromatic N) is 1. The molecular formula is C10H16ClNO3. The summed E-state index contributed by atoms with van der Waals surface area (Å²) in [6, 6.07) is 0. The molecule has 0 aromatic heterocycles. The van der Waals surface area contributed by atoms with Crippen molar-refractivity contribution in [3.8, 4) is 0 Å². The quantitative estimate of drug-likeness (QED) is 0.385. The molecule has 1 amide bonds. The zero-order valence-corrected chi connectivity index (χ0v) is 9.63. The minimum Gasteiger partial charge on any atom is -0.445 e. The number of amides is 1. The van der Waals surface area contributed by atoms with E-state index in [-0.39, 0.29) is 17.9 Å². The lowest BCUT2D eigenvalue weighted by Gasteiger charge is -2.15. The molecule has 4 nitrogen and oxygen atoms in total. The number of halogens is 1. The van der Waals surface area contributed by atoms with E-state index in [1.54, 1.807) is 7.05 Å². The predicted octanol–water partition coefficient (Wildman–Crippen LogP) is 2.18. The fourth-order valence-corrected chi connectivity index (χ4v) is 1.08. The molecule has 0 atom stereocenters. The van der Waals surface area contributed by atoms with E-state index in [0.717, 1.165) is 6.42 Å². The van der Waals surface area contributed by atoms with Crippen LogP contribution in [0.3, 0.4) is 0 Å². The molecule has 0 radical (unpaired) electrons. The van der Waals surface area contributed by atoms with Crippen molar-refractivity contribution in [3.05, 3.63) is 12.7 Å². The van der Waals surface area contributed by atoms with E-state index in [1.807, 2.05) is 0 Å². The van der Waals surface area contributed by atoms with E-state index in [1.165, 1.54) is 11.0 Å². The van der Waals surface area contributed by atoms with Crippen LogP contribution in [0.5, 0.6) is 0 Å². The van der Waals surface area contributed by atoms with Crippen LogP contribution >= 0.6 is 11.6 Å². The summed E-state index contributed by atoms with van der Waals surface area (Å²) >= 11 is 5.17. The molecule has 0 aliphatic rings. The van der Waals surface area contributed by atoms with Gasteiger partial charge in [0, 0.05) is 20.0 Å². The van der Waals surface area contributed by atoms with Crippen LogP contribution in [0.1, 0.15) is 19.3 Å². The van der Waals surface area contributed by atoms with Crippen LogP contribution in [0.25, 0.3) is 0 Å². The summed E-state index contributed by atoms with van der Waals surface area (Å²) in [5, 5.41) is -0.341. The molecule has 0 spiro atoms.